The normalized spacial score (nSPS) is 10.7. The van der Waals surface area contributed by atoms with E-state index in [1.54, 1.807) is 12.1 Å². The van der Waals surface area contributed by atoms with Crippen LogP contribution in [0, 0.1) is 10.1 Å². The molecular weight excluding hydrogens is 326 g/mol. The van der Waals surface area contributed by atoms with Gasteiger partial charge in [-0.3, -0.25) is 10.1 Å². The first-order valence-corrected chi connectivity index (χ1v) is 8.21. The van der Waals surface area contributed by atoms with Crippen molar-refractivity contribution in [3.8, 4) is 0 Å². The van der Waals surface area contributed by atoms with Crippen LogP contribution in [0.25, 0.3) is 0 Å². The van der Waals surface area contributed by atoms with E-state index < -0.39 is 4.92 Å². The third-order valence-electron chi connectivity index (χ3n) is 3.46. The second-order valence-corrected chi connectivity index (χ2v) is 6.09. The summed E-state index contributed by atoms with van der Waals surface area (Å²) in [5.74, 6) is 7.36. The lowest BCUT2D eigenvalue weighted by Crippen LogP contribution is -2.14. The molecule has 0 amide bonds. The Balaban J connectivity index is 1.65. The van der Waals surface area contributed by atoms with E-state index in [2.05, 4.69) is 10.2 Å². The number of rotatable bonds is 6. The van der Waals surface area contributed by atoms with Gasteiger partial charge in [-0.1, -0.05) is 54.2 Å². The van der Waals surface area contributed by atoms with Gasteiger partial charge in [0.15, 0.2) is 5.82 Å². The highest BCUT2D eigenvalue weighted by Crippen LogP contribution is 2.22. The maximum absolute atomic E-state index is 10.7. The van der Waals surface area contributed by atoms with Crippen LogP contribution >= 0.6 is 11.8 Å². The summed E-state index contributed by atoms with van der Waals surface area (Å²) >= 11 is 1.44. The van der Waals surface area contributed by atoms with Crippen molar-refractivity contribution in [1.29, 1.82) is 0 Å². The SMILES string of the molecule is Nn1c(Cc2ccccc2)nnc1SCc1ccc([N+](=O)[O-])cc1. The highest BCUT2D eigenvalue weighted by atomic mass is 32.2. The number of non-ortho nitro benzene ring substituents is 1. The van der Waals surface area contributed by atoms with Crippen LogP contribution in [0.5, 0.6) is 0 Å². The fourth-order valence-corrected chi connectivity index (χ4v) is 3.00. The second kappa shape index (κ2) is 7.14. The predicted octanol–water partition coefficient (Wildman–Crippen LogP) is 2.78. The highest BCUT2D eigenvalue weighted by Gasteiger charge is 2.11. The molecule has 0 fully saturated rings. The summed E-state index contributed by atoms with van der Waals surface area (Å²) in [6.45, 7) is 0. The third kappa shape index (κ3) is 3.72. The van der Waals surface area contributed by atoms with Gasteiger partial charge in [0, 0.05) is 24.3 Å². The standard InChI is InChI=1S/C16H15N5O2S/c17-20-15(10-12-4-2-1-3-5-12)18-19-16(20)24-11-13-6-8-14(9-7-13)21(22)23/h1-9H,10-11,17H2. The lowest BCUT2D eigenvalue weighted by molar-refractivity contribution is -0.384. The number of nitro benzene ring substituents is 1. The molecule has 3 aromatic rings. The number of nitrogens with two attached hydrogens (primary N) is 1. The van der Waals surface area contributed by atoms with Gasteiger partial charge in [-0.05, 0) is 11.1 Å². The van der Waals surface area contributed by atoms with Gasteiger partial charge < -0.3 is 5.84 Å². The first-order chi connectivity index (χ1) is 11.6. The topological polar surface area (TPSA) is 99.9 Å². The van der Waals surface area contributed by atoms with E-state index in [0.29, 0.717) is 23.2 Å². The van der Waals surface area contributed by atoms with Gasteiger partial charge in [0.05, 0.1) is 4.92 Å². The Morgan fingerprint density at radius 2 is 1.75 bits per heavy atom. The van der Waals surface area contributed by atoms with E-state index in [4.69, 9.17) is 5.84 Å². The lowest BCUT2D eigenvalue weighted by atomic mass is 10.1. The molecule has 24 heavy (non-hydrogen) atoms. The summed E-state index contributed by atoms with van der Waals surface area (Å²) in [5, 5.41) is 19.5. The smallest absolute Gasteiger partial charge is 0.269 e. The minimum absolute atomic E-state index is 0.0795. The third-order valence-corrected chi connectivity index (χ3v) is 4.47. The summed E-state index contributed by atoms with van der Waals surface area (Å²) in [5.41, 5.74) is 2.15. The molecule has 0 aliphatic carbocycles. The fourth-order valence-electron chi connectivity index (χ4n) is 2.17. The number of aromatic nitrogens is 3. The maximum atomic E-state index is 10.7. The number of hydrogen-bond acceptors (Lipinski definition) is 6. The largest absolute Gasteiger partial charge is 0.336 e. The Kier molecular flexibility index (Phi) is 4.76. The van der Waals surface area contributed by atoms with Gasteiger partial charge in [-0.15, -0.1) is 10.2 Å². The molecule has 1 heterocycles. The number of nitrogens with zero attached hydrogens (tertiary/aromatic N) is 4. The molecule has 3 rings (SSSR count). The van der Waals surface area contributed by atoms with Crippen molar-refractivity contribution in [3.05, 3.63) is 81.7 Å². The zero-order valence-electron chi connectivity index (χ0n) is 12.7. The Morgan fingerprint density at radius 1 is 1.04 bits per heavy atom. The van der Waals surface area contributed by atoms with Crippen LogP contribution in [0.15, 0.2) is 59.8 Å². The van der Waals surface area contributed by atoms with Crippen molar-refractivity contribution in [2.24, 2.45) is 0 Å². The maximum Gasteiger partial charge on any atom is 0.269 e. The molecule has 122 valence electrons. The number of benzene rings is 2. The number of nitro groups is 1. The molecule has 0 spiro atoms. The van der Waals surface area contributed by atoms with Gasteiger partial charge in [0.25, 0.3) is 5.69 Å². The first kappa shape index (κ1) is 16.0. The van der Waals surface area contributed by atoms with Crippen molar-refractivity contribution in [2.45, 2.75) is 17.3 Å². The molecule has 0 aliphatic heterocycles. The number of hydrogen-bond donors (Lipinski definition) is 1. The molecule has 7 nitrogen and oxygen atoms in total. The molecule has 0 saturated carbocycles. The van der Waals surface area contributed by atoms with Crippen LogP contribution in [-0.2, 0) is 12.2 Å². The molecule has 0 bridgehead atoms. The molecule has 0 aliphatic rings. The number of thioether (sulfide) groups is 1. The molecule has 1 aromatic heterocycles. The molecule has 0 unspecified atom stereocenters. The lowest BCUT2D eigenvalue weighted by Gasteiger charge is -2.04. The van der Waals surface area contributed by atoms with E-state index in [1.165, 1.54) is 28.6 Å². The van der Waals surface area contributed by atoms with Crippen LogP contribution in [0.4, 0.5) is 5.69 Å². The van der Waals surface area contributed by atoms with Crippen molar-refractivity contribution in [3.63, 3.8) is 0 Å². The van der Waals surface area contributed by atoms with Crippen molar-refractivity contribution in [1.82, 2.24) is 14.9 Å². The molecule has 0 saturated heterocycles. The summed E-state index contributed by atoms with van der Waals surface area (Å²) in [6.07, 6.45) is 0.614. The van der Waals surface area contributed by atoms with Crippen molar-refractivity contribution in [2.75, 3.05) is 5.84 Å². The van der Waals surface area contributed by atoms with E-state index >= 15 is 0 Å². The monoisotopic (exact) mass is 341 g/mol. The molecular formula is C16H15N5O2S. The van der Waals surface area contributed by atoms with Crippen LogP contribution in [0.2, 0.25) is 0 Å². The summed E-state index contributed by atoms with van der Waals surface area (Å²) in [4.78, 5) is 10.2. The van der Waals surface area contributed by atoms with Crippen molar-refractivity contribution >= 4 is 17.4 Å². The Labute approximate surface area is 142 Å². The zero-order chi connectivity index (χ0) is 16.9. The average molecular weight is 341 g/mol. The van der Waals surface area contributed by atoms with Crippen LogP contribution < -0.4 is 5.84 Å². The highest BCUT2D eigenvalue weighted by molar-refractivity contribution is 7.98. The molecule has 2 aromatic carbocycles. The van der Waals surface area contributed by atoms with Crippen LogP contribution in [0.3, 0.4) is 0 Å². The van der Waals surface area contributed by atoms with Gasteiger partial charge in [-0.25, -0.2) is 4.68 Å². The van der Waals surface area contributed by atoms with E-state index in [-0.39, 0.29) is 5.69 Å². The summed E-state index contributed by atoms with van der Waals surface area (Å²) in [7, 11) is 0. The molecule has 0 atom stereocenters. The fraction of sp³-hybridized carbons (Fsp3) is 0.125. The van der Waals surface area contributed by atoms with Crippen LogP contribution in [0.1, 0.15) is 17.0 Å². The molecule has 0 radical (unpaired) electrons. The minimum atomic E-state index is -0.413. The van der Waals surface area contributed by atoms with Gasteiger partial charge in [-0.2, -0.15) is 0 Å². The van der Waals surface area contributed by atoms with E-state index in [1.807, 2.05) is 30.3 Å². The second-order valence-electron chi connectivity index (χ2n) is 5.14. The zero-order valence-corrected chi connectivity index (χ0v) is 13.5. The minimum Gasteiger partial charge on any atom is -0.336 e. The Bertz CT molecular complexity index is 833. The Morgan fingerprint density at radius 3 is 2.42 bits per heavy atom. The first-order valence-electron chi connectivity index (χ1n) is 7.23. The van der Waals surface area contributed by atoms with Crippen molar-refractivity contribution < 1.29 is 4.92 Å². The quantitative estimate of drug-likeness (QED) is 0.320. The summed E-state index contributed by atoms with van der Waals surface area (Å²) in [6, 6.07) is 16.4. The molecule has 8 heteroatoms. The summed E-state index contributed by atoms with van der Waals surface area (Å²) < 4.78 is 1.49. The molecule has 2 N–H and O–H groups in total. The van der Waals surface area contributed by atoms with Gasteiger partial charge >= 0.3 is 0 Å². The Hall–Kier alpha value is -2.87. The van der Waals surface area contributed by atoms with Gasteiger partial charge in [0.2, 0.25) is 5.16 Å². The van der Waals surface area contributed by atoms with Gasteiger partial charge in [0.1, 0.15) is 0 Å². The average Bonchev–Trinajstić information content (AvgIpc) is 2.94. The predicted molar refractivity (Wildman–Crippen MR) is 92.1 cm³/mol. The van der Waals surface area contributed by atoms with E-state index in [9.17, 15) is 10.1 Å². The van der Waals surface area contributed by atoms with Crippen LogP contribution in [-0.4, -0.2) is 19.8 Å². The number of nitrogen functional groups attached to an aromatic ring is 1. The van der Waals surface area contributed by atoms with E-state index in [0.717, 1.165) is 11.1 Å².